The Morgan fingerprint density at radius 1 is 1.16 bits per heavy atom. The zero-order valence-electron chi connectivity index (χ0n) is 11.1. The van der Waals surface area contributed by atoms with Crippen molar-refractivity contribution < 1.29 is 0 Å². The third kappa shape index (κ3) is 2.29. The van der Waals surface area contributed by atoms with Gasteiger partial charge in [0.15, 0.2) is 0 Å². The van der Waals surface area contributed by atoms with Crippen LogP contribution in [0.25, 0.3) is 10.9 Å². The van der Waals surface area contributed by atoms with Gasteiger partial charge in [0.1, 0.15) is 0 Å². The maximum Gasteiger partial charge on any atom is 0.0936 e. The van der Waals surface area contributed by atoms with E-state index in [1.54, 1.807) is 6.33 Å². The molecule has 2 heterocycles. The monoisotopic (exact) mass is 252 g/mol. The number of anilines is 1. The van der Waals surface area contributed by atoms with Crippen LogP contribution in [0.5, 0.6) is 0 Å². The zero-order chi connectivity index (χ0) is 13.2. The third-order valence-electron chi connectivity index (χ3n) is 3.24. The number of fused-ring (bicyclic) bond motifs is 1. The van der Waals surface area contributed by atoms with Crippen molar-refractivity contribution >= 4 is 16.6 Å². The molecule has 0 aliphatic heterocycles. The van der Waals surface area contributed by atoms with E-state index in [1.165, 1.54) is 0 Å². The molecule has 0 spiro atoms. The highest BCUT2D eigenvalue weighted by Crippen LogP contribution is 2.22. The standard InChI is InChI=1S/C15H16N4/c1-10-6-7-12-4-3-5-13(15(12)19-10)16-8-14-11(2)17-9-18-14/h3-7,9,16H,8H2,1-2H3,(H,17,18). The Kier molecular flexibility index (Phi) is 2.91. The molecule has 0 saturated carbocycles. The molecule has 2 N–H and O–H groups in total. The summed E-state index contributed by atoms with van der Waals surface area (Å²) in [6, 6.07) is 10.3. The molecule has 3 aromatic rings. The predicted octanol–water partition coefficient (Wildman–Crippen LogP) is 3.19. The minimum absolute atomic E-state index is 0.698. The number of rotatable bonds is 3. The van der Waals surface area contributed by atoms with Crippen LogP contribution in [0, 0.1) is 13.8 Å². The summed E-state index contributed by atoms with van der Waals surface area (Å²) >= 11 is 0. The second-order valence-electron chi connectivity index (χ2n) is 4.66. The Morgan fingerprint density at radius 3 is 2.84 bits per heavy atom. The lowest BCUT2D eigenvalue weighted by molar-refractivity contribution is 1.05. The summed E-state index contributed by atoms with van der Waals surface area (Å²) in [6.07, 6.45) is 1.72. The maximum atomic E-state index is 4.61. The molecule has 1 aromatic carbocycles. The summed E-state index contributed by atoms with van der Waals surface area (Å²) < 4.78 is 0. The number of para-hydroxylation sites is 1. The van der Waals surface area contributed by atoms with Crippen molar-refractivity contribution in [2.24, 2.45) is 0 Å². The molecule has 3 rings (SSSR count). The molecule has 2 aromatic heterocycles. The summed E-state index contributed by atoms with van der Waals surface area (Å²) in [5.74, 6) is 0. The number of H-pyrrole nitrogens is 1. The number of pyridine rings is 1. The zero-order valence-corrected chi connectivity index (χ0v) is 11.1. The minimum Gasteiger partial charge on any atom is -0.378 e. The molecule has 0 fully saturated rings. The Labute approximate surface area is 111 Å². The van der Waals surface area contributed by atoms with Gasteiger partial charge in [-0.05, 0) is 26.0 Å². The lowest BCUT2D eigenvalue weighted by Crippen LogP contribution is -2.02. The van der Waals surface area contributed by atoms with Gasteiger partial charge in [-0.25, -0.2) is 4.98 Å². The fraction of sp³-hybridized carbons (Fsp3) is 0.200. The summed E-state index contributed by atoms with van der Waals surface area (Å²) in [5.41, 5.74) is 5.21. The van der Waals surface area contributed by atoms with Crippen LogP contribution >= 0.6 is 0 Å². The number of hydrogen-bond donors (Lipinski definition) is 2. The molecule has 19 heavy (non-hydrogen) atoms. The van der Waals surface area contributed by atoms with E-state index < -0.39 is 0 Å². The van der Waals surface area contributed by atoms with Crippen molar-refractivity contribution in [1.82, 2.24) is 15.0 Å². The van der Waals surface area contributed by atoms with Crippen molar-refractivity contribution in [2.75, 3.05) is 5.32 Å². The second-order valence-corrected chi connectivity index (χ2v) is 4.66. The first-order valence-corrected chi connectivity index (χ1v) is 6.33. The van der Waals surface area contributed by atoms with Gasteiger partial charge in [0, 0.05) is 16.8 Å². The third-order valence-corrected chi connectivity index (χ3v) is 3.24. The van der Waals surface area contributed by atoms with Gasteiger partial charge in [0.05, 0.1) is 29.8 Å². The summed E-state index contributed by atoms with van der Waals surface area (Å²) in [4.78, 5) is 12.0. The fourth-order valence-corrected chi connectivity index (χ4v) is 2.13. The smallest absolute Gasteiger partial charge is 0.0936 e. The minimum atomic E-state index is 0.698. The average Bonchev–Trinajstić information content (AvgIpc) is 2.82. The number of aromatic nitrogens is 3. The molecule has 96 valence electrons. The molecule has 4 nitrogen and oxygen atoms in total. The van der Waals surface area contributed by atoms with Gasteiger partial charge in [-0.15, -0.1) is 0 Å². The van der Waals surface area contributed by atoms with E-state index in [2.05, 4.69) is 38.5 Å². The molecule has 0 amide bonds. The lowest BCUT2D eigenvalue weighted by atomic mass is 10.1. The molecular formula is C15H16N4. The van der Waals surface area contributed by atoms with Gasteiger partial charge >= 0.3 is 0 Å². The number of aryl methyl sites for hydroxylation is 2. The van der Waals surface area contributed by atoms with E-state index >= 15 is 0 Å². The van der Waals surface area contributed by atoms with Crippen molar-refractivity contribution in [3.8, 4) is 0 Å². The molecule has 0 unspecified atom stereocenters. The average molecular weight is 252 g/mol. The number of nitrogens with zero attached hydrogens (tertiary/aromatic N) is 2. The molecule has 0 atom stereocenters. The molecule has 0 aliphatic carbocycles. The summed E-state index contributed by atoms with van der Waals surface area (Å²) in [6.45, 7) is 4.73. The number of benzene rings is 1. The Bertz CT molecular complexity index is 715. The van der Waals surface area contributed by atoms with Gasteiger partial charge in [-0.1, -0.05) is 18.2 Å². The molecule has 0 saturated heterocycles. The van der Waals surface area contributed by atoms with E-state index in [9.17, 15) is 0 Å². The molecule has 0 bridgehead atoms. The Balaban J connectivity index is 1.92. The van der Waals surface area contributed by atoms with Crippen molar-refractivity contribution in [2.45, 2.75) is 20.4 Å². The molecule has 0 aliphatic rings. The normalized spacial score (nSPS) is 10.8. The van der Waals surface area contributed by atoms with Crippen LogP contribution in [-0.4, -0.2) is 15.0 Å². The molecular weight excluding hydrogens is 236 g/mol. The van der Waals surface area contributed by atoms with Crippen LogP contribution in [0.1, 0.15) is 17.1 Å². The van der Waals surface area contributed by atoms with Crippen molar-refractivity contribution in [1.29, 1.82) is 0 Å². The first-order chi connectivity index (χ1) is 9.24. The van der Waals surface area contributed by atoms with E-state index in [1.807, 2.05) is 26.0 Å². The Hall–Kier alpha value is -2.36. The molecule has 4 heteroatoms. The second kappa shape index (κ2) is 4.72. The van der Waals surface area contributed by atoms with Gasteiger partial charge in [0.2, 0.25) is 0 Å². The van der Waals surface area contributed by atoms with E-state index in [4.69, 9.17) is 0 Å². The van der Waals surface area contributed by atoms with Gasteiger partial charge in [-0.3, -0.25) is 4.98 Å². The number of hydrogen-bond acceptors (Lipinski definition) is 3. The number of nitrogens with one attached hydrogen (secondary N) is 2. The highest BCUT2D eigenvalue weighted by molar-refractivity contribution is 5.90. The topological polar surface area (TPSA) is 53.6 Å². The summed E-state index contributed by atoms with van der Waals surface area (Å²) in [5, 5.41) is 4.56. The van der Waals surface area contributed by atoms with E-state index in [-0.39, 0.29) is 0 Å². The summed E-state index contributed by atoms with van der Waals surface area (Å²) in [7, 11) is 0. The van der Waals surface area contributed by atoms with Crippen LogP contribution in [0.3, 0.4) is 0 Å². The SMILES string of the molecule is Cc1ccc2cccc(NCc3nc[nH]c3C)c2n1. The van der Waals surface area contributed by atoms with Crippen LogP contribution in [0.4, 0.5) is 5.69 Å². The van der Waals surface area contributed by atoms with Gasteiger partial charge in [-0.2, -0.15) is 0 Å². The first kappa shape index (κ1) is 11.7. The van der Waals surface area contributed by atoms with Crippen LogP contribution in [0.15, 0.2) is 36.7 Å². The quantitative estimate of drug-likeness (QED) is 0.752. The Morgan fingerprint density at radius 2 is 2.05 bits per heavy atom. The first-order valence-electron chi connectivity index (χ1n) is 6.33. The number of aromatic amines is 1. The predicted molar refractivity (Wildman–Crippen MR) is 77.1 cm³/mol. The van der Waals surface area contributed by atoms with E-state index in [0.29, 0.717) is 6.54 Å². The van der Waals surface area contributed by atoms with Gasteiger partial charge in [0.25, 0.3) is 0 Å². The highest BCUT2D eigenvalue weighted by atomic mass is 15.0. The number of imidazole rings is 1. The largest absolute Gasteiger partial charge is 0.378 e. The maximum absolute atomic E-state index is 4.61. The molecule has 0 radical (unpaired) electrons. The van der Waals surface area contributed by atoms with E-state index in [0.717, 1.165) is 33.7 Å². The van der Waals surface area contributed by atoms with Crippen molar-refractivity contribution in [3.05, 3.63) is 53.7 Å². The highest BCUT2D eigenvalue weighted by Gasteiger charge is 2.04. The van der Waals surface area contributed by atoms with Gasteiger partial charge < -0.3 is 10.3 Å². The van der Waals surface area contributed by atoms with Crippen molar-refractivity contribution in [3.63, 3.8) is 0 Å². The van der Waals surface area contributed by atoms with Crippen LogP contribution in [0.2, 0.25) is 0 Å². The fourth-order valence-electron chi connectivity index (χ4n) is 2.13. The lowest BCUT2D eigenvalue weighted by Gasteiger charge is -2.09. The van der Waals surface area contributed by atoms with Crippen LogP contribution < -0.4 is 5.32 Å². The van der Waals surface area contributed by atoms with Crippen LogP contribution in [-0.2, 0) is 6.54 Å².